The van der Waals surface area contributed by atoms with Crippen LogP contribution >= 0.6 is 0 Å². The normalized spacial score (nSPS) is 16.4. The minimum Gasteiger partial charge on any atom is -0.423 e. The highest BCUT2D eigenvalue weighted by Crippen LogP contribution is 2.40. The van der Waals surface area contributed by atoms with Gasteiger partial charge in [0.2, 0.25) is 5.91 Å². The summed E-state index contributed by atoms with van der Waals surface area (Å²) in [6.07, 6.45) is 7.83. The van der Waals surface area contributed by atoms with Crippen LogP contribution in [0.3, 0.4) is 0 Å². The number of aromatic nitrogens is 4. The second kappa shape index (κ2) is 9.99. The van der Waals surface area contributed by atoms with Crippen molar-refractivity contribution in [1.82, 2.24) is 29.8 Å². The fraction of sp³-hybridized carbons (Fsp3) is 0.462. The van der Waals surface area contributed by atoms with Crippen molar-refractivity contribution in [1.29, 1.82) is 0 Å². The van der Waals surface area contributed by atoms with E-state index >= 15 is 0 Å². The molecule has 5 rings (SSSR count). The maximum atomic E-state index is 14.9. The number of hydrogen-bond donors (Lipinski definition) is 3. The van der Waals surface area contributed by atoms with Crippen LogP contribution in [0.2, 0.25) is 0 Å². The van der Waals surface area contributed by atoms with Crippen molar-refractivity contribution >= 4 is 24.4 Å². The first kappa shape index (κ1) is 26.1. The Morgan fingerprint density at radius 2 is 2.03 bits per heavy atom. The number of halogens is 1. The summed E-state index contributed by atoms with van der Waals surface area (Å²) >= 11 is 0. The van der Waals surface area contributed by atoms with Gasteiger partial charge in [-0.2, -0.15) is 10.2 Å². The number of fused-ring (bicyclic) bond motifs is 1. The van der Waals surface area contributed by atoms with Crippen LogP contribution in [0.25, 0.3) is 0 Å². The van der Waals surface area contributed by atoms with Gasteiger partial charge in [0, 0.05) is 44.0 Å². The zero-order valence-electron chi connectivity index (χ0n) is 21.8. The van der Waals surface area contributed by atoms with E-state index in [4.69, 9.17) is 0 Å². The van der Waals surface area contributed by atoms with E-state index in [-0.39, 0.29) is 41.9 Å². The molecule has 1 aliphatic heterocycles. The highest BCUT2D eigenvalue weighted by Gasteiger charge is 2.39. The van der Waals surface area contributed by atoms with Crippen LogP contribution in [0.15, 0.2) is 36.8 Å². The lowest BCUT2D eigenvalue weighted by atomic mass is 9.73. The van der Waals surface area contributed by atoms with Crippen molar-refractivity contribution in [3.8, 4) is 0 Å². The molecule has 1 fully saturated rings. The summed E-state index contributed by atoms with van der Waals surface area (Å²) in [5.74, 6) is -1.28. The summed E-state index contributed by atoms with van der Waals surface area (Å²) in [7, 11) is -0.0652. The number of amides is 2. The summed E-state index contributed by atoms with van der Waals surface area (Å²) in [4.78, 5) is 28.8. The molecule has 200 valence electrons. The molecule has 10 nitrogen and oxygen atoms in total. The number of rotatable bonds is 9. The molecule has 38 heavy (non-hydrogen) atoms. The molecule has 1 aromatic carbocycles. The second-order valence-corrected chi connectivity index (χ2v) is 10.9. The molecule has 1 atom stereocenters. The van der Waals surface area contributed by atoms with Gasteiger partial charge >= 0.3 is 7.12 Å². The number of nitrogens with zero attached hydrogens (tertiary/aromatic N) is 5. The average molecular weight is 522 g/mol. The van der Waals surface area contributed by atoms with E-state index in [9.17, 15) is 24.0 Å². The van der Waals surface area contributed by atoms with E-state index in [1.54, 1.807) is 30.3 Å². The molecule has 0 unspecified atom stereocenters. The van der Waals surface area contributed by atoms with Gasteiger partial charge in [-0.1, -0.05) is 6.07 Å². The van der Waals surface area contributed by atoms with E-state index in [0.29, 0.717) is 12.5 Å². The number of carbonyl (C=O) groups is 2. The molecule has 2 aromatic heterocycles. The molecule has 0 spiro atoms. The van der Waals surface area contributed by atoms with Gasteiger partial charge < -0.3 is 20.3 Å². The molecule has 0 radical (unpaired) electrons. The van der Waals surface area contributed by atoms with Crippen molar-refractivity contribution in [3.63, 3.8) is 0 Å². The number of benzene rings is 1. The van der Waals surface area contributed by atoms with Crippen LogP contribution in [0, 0.1) is 5.82 Å². The summed E-state index contributed by atoms with van der Waals surface area (Å²) < 4.78 is 18.4. The molecule has 3 aromatic rings. The van der Waals surface area contributed by atoms with Gasteiger partial charge in [-0.3, -0.25) is 19.0 Å². The Morgan fingerprint density at radius 1 is 1.26 bits per heavy atom. The topological polar surface area (TPSA) is 126 Å². The molecule has 2 amide bonds. The average Bonchev–Trinajstić information content (AvgIpc) is 3.45. The van der Waals surface area contributed by atoms with E-state index in [2.05, 4.69) is 15.5 Å². The molecule has 3 N–H and O–H groups in total. The van der Waals surface area contributed by atoms with Gasteiger partial charge in [0.05, 0.1) is 23.8 Å². The quantitative estimate of drug-likeness (QED) is 0.352. The standard InChI is InChI=1S/C26H32BFN6O4/c1-26(2,15-34-21(8-10-29-34)17-4-5-17)31-24(35)22(12-16-13-30-32(3)14-16)33-11-9-18-19(27(37)38)6-7-20(28)23(18)25(33)36/h6-8,10,13-14,17,22,37-38H,4-5,9,11-12,15H2,1-3H3,(H,31,35)/t22-/m1/s1. The molecule has 0 bridgehead atoms. The lowest BCUT2D eigenvalue weighted by Gasteiger charge is -2.37. The van der Waals surface area contributed by atoms with Crippen LogP contribution in [-0.2, 0) is 31.2 Å². The Kier molecular flexibility index (Phi) is 6.87. The predicted octanol–water partition coefficient (Wildman–Crippen LogP) is 0.518. The van der Waals surface area contributed by atoms with Crippen LogP contribution < -0.4 is 10.8 Å². The van der Waals surface area contributed by atoms with Crippen molar-refractivity contribution < 1.29 is 24.0 Å². The minimum absolute atomic E-state index is 0.0921. The second-order valence-electron chi connectivity index (χ2n) is 10.9. The zero-order chi connectivity index (χ0) is 27.2. The van der Waals surface area contributed by atoms with Crippen molar-refractivity contribution in [2.45, 2.75) is 63.6 Å². The highest BCUT2D eigenvalue weighted by molar-refractivity contribution is 6.59. The zero-order valence-corrected chi connectivity index (χ0v) is 21.8. The predicted molar refractivity (Wildman–Crippen MR) is 138 cm³/mol. The maximum absolute atomic E-state index is 14.9. The Labute approximate surface area is 220 Å². The van der Waals surface area contributed by atoms with Crippen LogP contribution in [0.4, 0.5) is 4.39 Å². The van der Waals surface area contributed by atoms with Gasteiger partial charge in [0.15, 0.2) is 0 Å². The number of nitrogens with one attached hydrogen (secondary N) is 1. The third kappa shape index (κ3) is 5.23. The van der Waals surface area contributed by atoms with E-state index in [1.807, 2.05) is 24.6 Å². The first-order chi connectivity index (χ1) is 18.0. The minimum atomic E-state index is -1.83. The maximum Gasteiger partial charge on any atom is 0.488 e. The SMILES string of the molecule is Cn1cc(C[C@H](C(=O)NC(C)(C)Cn2nccc2C2CC2)N2CCc3c(B(O)O)ccc(F)c3C2=O)cn1. The lowest BCUT2D eigenvalue weighted by molar-refractivity contribution is -0.127. The first-order valence-corrected chi connectivity index (χ1v) is 12.8. The number of hydrogen-bond acceptors (Lipinski definition) is 6. The monoisotopic (exact) mass is 522 g/mol. The number of aryl methyl sites for hydroxylation is 1. The Bertz CT molecular complexity index is 1370. The van der Waals surface area contributed by atoms with Gasteiger partial charge in [-0.15, -0.1) is 0 Å². The van der Waals surface area contributed by atoms with Crippen molar-refractivity contribution in [2.24, 2.45) is 7.05 Å². The Balaban J connectivity index is 1.42. The molecule has 1 aliphatic carbocycles. The smallest absolute Gasteiger partial charge is 0.423 e. The molecular formula is C26H32BFN6O4. The summed E-state index contributed by atoms with van der Waals surface area (Å²) in [5, 5.41) is 31.2. The lowest BCUT2D eigenvalue weighted by Crippen LogP contribution is -2.58. The summed E-state index contributed by atoms with van der Waals surface area (Å²) in [6.45, 7) is 4.40. The summed E-state index contributed by atoms with van der Waals surface area (Å²) in [6, 6.07) is 3.41. The van der Waals surface area contributed by atoms with E-state index in [0.717, 1.165) is 30.2 Å². The van der Waals surface area contributed by atoms with Gasteiger partial charge in [0.25, 0.3) is 5.91 Å². The van der Waals surface area contributed by atoms with Crippen LogP contribution in [0.1, 0.15) is 59.8 Å². The fourth-order valence-corrected chi connectivity index (χ4v) is 5.33. The molecule has 2 aliphatic rings. The third-order valence-corrected chi connectivity index (χ3v) is 7.27. The summed E-state index contributed by atoms with van der Waals surface area (Å²) in [5.41, 5.74) is 1.35. The van der Waals surface area contributed by atoms with Crippen LogP contribution in [0.5, 0.6) is 0 Å². The molecule has 0 saturated heterocycles. The number of carbonyl (C=O) groups excluding carboxylic acids is 2. The molecule has 1 saturated carbocycles. The largest absolute Gasteiger partial charge is 0.488 e. The van der Waals surface area contributed by atoms with Gasteiger partial charge in [-0.05, 0) is 61.8 Å². The van der Waals surface area contributed by atoms with Gasteiger partial charge in [-0.25, -0.2) is 4.39 Å². The van der Waals surface area contributed by atoms with Gasteiger partial charge in [0.1, 0.15) is 11.9 Å². The van der Waals surface area contributed by atoms with E-state index < -0.39 is 30.4 Å². The molecule has 12 heteroatoms. The Morgan fingerprint density at radius 3 is 2.68 bits per heavy atom. The van der Waals surface area contributed by atoms with E-state index in [1.165, 1.54) is 11.0 Å². The highest BCUT2D eigenvalue weighted by atomic mass is 19.1. The first-order valence-electron chi connectivity index (χ1n) is 12.8. The fourth-order valence-electron chi connectivity index (χ4n) is 5.33. The Hall–Kier alpha value is -3.51. The van der Waals surface area contributed by atoms with Crippen molar-refractivity contribution in [3.05, 3.63) is 65.0 Å². The molecular weight excluding hydrogens is 490 g/mol. The third-order valence-electron chi connectivity index (χ3n) is 7.27. The van der Waals surface area contributed by atoms with Crippen LogP contribution in [-0.4, -0.2) is 71.6 Å². The molecule has 3 heterocycles. The van der Waals surface area contributed by atoms with Crippen molar-refractivity contribution in [2.75, 3.05) is 6.54 Å².